The fourth-order valence-electron chi connectivity index (χ4n) is 4.07. The SMILES string of the molecule is COc1cc(Cl)cc(C(=O)N2CCC3(CC2)[C@@H](C(=O)O)CC(=O)N3C)c1. The van der Waals surface area contributed by atoms with Gasteiger partial charge in [-0.15, -0.1) is 0 Å². The number of benzene rings is 1. The molecule has 0 unspecified atom stereocenters. The van der Waals surface area contributed by atoms with E-state index >= 15 is 0 Å². The molecule has 2 aliphatic heterocycles. The van der Waals surface area contributed by atoms with E-state index in [9.17, 15) is 19.5 Å². The van der Waals surface area contributed by atoms with Crippen molar-refractivity contribution in [3.8, 4) is 5.75 Å². The van der Waals surface area contributed by atoms with Crippen LogP contribution in [-0.4, -0.2) is 65.5 Å². The van der Waals surface area contributed by atoms with Gasteiger partial charge in [-0.2, -0.15) is 0 Å². The van der Waals surface area contributed by atoms with Crippen LogP contribution in [0.3, 0.4) is 0 Å². The van der Waals surface area contributed by atoms with Gasteiger partial charge in [-0.05, 0) is 31.0 Å². The summed E-state index contributed by atoms with van der Waals surface area (Å²) in [4.78, 5) is 39.7. The van der Waals surface area contributed by atoms with E-state index in [1.165, 1.54) is 7.11 Å². The minimum Gasteiger partial charge on any atom is -0.497 e. The Bertz CT molecular complexity index is 758. The van der Waals surface area contributed by atoms with E-state index in [2.05, 4.69) is 0 Å². The second kappa shape index (κ2) is 6.79. The lowest BCUT2D eigenvalue weighted by Crippen LogP contribution is -2.56. The minimum absolute atomic E-state index is 0.0191. The summed E-state index contributed by atoms with van der Waals surface area (Å²) in [5, 5.41) is 9.93. The molecule has 0 aromatic heterocycles. The average molecular weight is 381 g/mol. The van der Waals surface area contributed by atoms with E-state index in [0.717, 1.165) is 0 Å². The molecule has 2 saturated heterocycles. The number of carbonyl (C=O) groups excluding carboxylic acids is 2. The van der Waals surface area contributed by atoms with E-state index in [0.29, 0.717) is 42.3 Å². The Morgan fingerprint density at radius 1 is 1.27 bits per heavy atom. The van der Waals surface area contributed by atoms with Crippen molar-refractivity contribution < 1.29 is 24.2 Å². The predicted octanol–water partition coefficient (Wildman–Crippen LogP) is 1.89. The number of hydrogen-bond acceptors (Lipinski definition) is 4. The highest BCUT2D eigenvalue weighted by Crippen LogP contribution is 2.43. The first kappa shape index (κ1) is 18.5. The largest absolute Gasteiger partial charge is 0.497 e. The molecule has 1 spiro atoms. The molecule has 1 aromatic rings. The number of amides is 2. The molecule has 140 valence electrons. The molecule has 1 N–H and O–H groups in total. The van der Waals surface area contributed by atoms with Gasteiger partial charge in [-0.25, -0.2) is 0 Å². The molecule has 0 radical (unpaired) electrons. The molecule has 8 heteroatoms. The van der Waals surface area contributed by atoms with Crippen LogP contribution in [-0.2, 0) is 9.59 Å². The third-order valence-corrected chi connectivity index (χ3v) is 5.86. The zero-order chi connectivity index (χ0) is 19.1. The Labute approximate surface area is 156 Å². The number of likely N-dealkylation sites (tertiary alicyclic amines) is 2. The number of carboxylic acid groups (broad SMARTS) is 1. The van der Waals surface area contributed by atoms with E-state index in [4.69, 9.17) is 16.3 Å². The minimum atomic E-state index is -0.956. The van der Waals surface area contributed by atoms with E-state index in [1.807, 2.05) is 0 Å². The summed E-state index contributed by atoms with van der Waals surface area (Å²) >= 11 is 6.04. The summed E-state index contributed by atoms with van der Waals surface area (Å²) in [6.07, 6.45) is 0.899. The lowest BCUT2D eigenvalue weighted by Gasteiger charge is -2.45. The van der Waals surface area contributed by atoms with Gasteiger partial charge < -0.3 is 19.6 Å². The lowest BCUT2D eigenvalue weighted by atomic mass is 9.77. The first-order chi connectivity index (χ1) is 12.3. The van der Waals surface area contributed by atoms with Crippen LogP contribution < -0.4 is 4.74 Å². The molecule has 3 rings (SSSR count). The highest BCUT2D eigenvalue weighted by Gasteiger charge is 2.55. The smallest absolute Gasteiger partial charge is 0.309 e. The summed E-state index contributed by atoms with van der Waals surface area (Å²) in [6, 6.07) is 4.84. The summed E-state index contributed by atoms with van der Waals surface area (Å²) in [5.41, 5.74) is -0.290. The molecule has 2 fully saturated rings. The van der Waals surface area contributed by atoms with Crippen LogP contribution in [0.15, 0.2) is 18.2 Å². The highest BCUT2D eigenvalue weighted by molar-refractivity contribution is 6.31. The third-order valence-electron chi connectivity index (χ3n) is 5.64. The van der Waals surface area contributed by atoms with Crippen molar-refractivity contribution >= 4 is 29.4 Å². The van der Waals surface area contributed by atoms with Crippen LogP contribution in [0.4, 0.5) is 0 Å². The zero-order valence-electron chi connectivity index (χ0n) is 14.7. The summed E-state index contributed by atoms with van der Waals surface area (Å²) in [5.74, 6) is -1.52. The standard InChI is InChI=1S/C18H21ClN2O5/c1-20-15(22)10-14(17(24)25)18(20)3-5-21(6-4-18)16(23)11-7-12(19)9-13(8-11)26-2/h7-9,14H,3-6,10H2,1-2H3,(H,24,25)/t14-/m1/s1. The Morgan fingerprint density at radius 2 is 1.92 bits per heavy atom. The number of piperidine rings is 1. The van der Waals surface area contributed by atoms with Gasteiger partial charge in [0.25, 0.3) is 5.91 Å². The zero-order valence-corrected chi connectivity index (χ0v) is 15.5. The molecule has 2 aliphatic rings. The summed E-state index contributed by atoms with van der Waals surface area (Å²) < 4.78 is 5.15. The number of hydrogen-bond donors (Lipinski definition) is 1. The number of halogens is 1. The van der Waals surface area contributed by atoms with Crippen LogP contribution in [0, 0.1) is 5.92 Å². The lowest BCUT2D eigenvalue weighted by molar-refractivity contribution is -0.145. The summed E-state index contributed by atoms with van der Waals surface area (Å²) in [6.45, 7) is 0.768. The van der Waals surface area contributed by atoms with Crippen molar-refractivity contribution in [1.29, 1.82) is 0 Å². The van der Waals surface area contributed by atoms with Crippen LogP contribution >= 0.6 is 11.6 Å². The molecule has 0 aliphatic carbocycles. The summed E-state index contributed by atoms with van der Waals surface area (Å²) in [7, 11) is 3.16. The highest BCUT2D eigenvalue weighted by atomic mass is 35.5. The van der Waals surface area contributed by atoms with Crippen molar-refractivity contribution in [2.45, 2.75) is 24.8 Å². The van der Waals surface area contributed by atoms with Crippen LogP contribution in [0.2, 0.25) is 5.02 Å². The van der Waals surface area contributed by atoms with Crippen molar-refractivity contribution in [3.63, 3.8) is 0 Å². The predicted molar refractivity (Wildman–Crippen MR) is 94.4 cm³/mol. The van der Waals surface area contributed by atoms with Gasteiger partial charge in [-0.3, -0.25) is 14.4 Å². The first-order valence-corrected chi connectivity index (χ1v) is 8.79. The van der Waals surface area contributed by atoms with Gasteiger partial charge in [0, 0.05) is 37.1 Å². The van der Waals surface area contributed by atoms with Crippen molar-refractivity contribution in [2.75, 3.05) is 27.2 Å². The van der Waals surface area contributed by atoms with Gasteiger partial charge in [-0.1, -0.05) is 11.6 Å². The number of rotatable bonds is 3. The molecule has 1 atom stereocenters. The van der Waals surface area contributed by atoms with Crippen LogP contribution in [0.25, 0.3) is 0 Å². The van der Waals surface area contributed by atoms with Crippen molar-refractivity contribution in [3.05, 3.63) is 28.8 Å². The fourth-order valence-corrected chi connectivity index (χ4v) is 4.29. The Hall–Kier alpha value is -2.28. The topological polar surface area (TPSA) is 87.1 Å². The van der Waals surface area contributed by atoms with Gasteiger partial charge in [0.2, 0.25) is 5.91 Å². The van der Waals surface area contributed by atoms with E-state index in [-0.39, 0.29) is 18.2 Å². The number of ether oxygens (including phenoxy) is 1. The molecule has 0 bridgehead atoms. The quantitative estimate of drug-likeness (QED) is 0.865. The molecular weight excluding hydrogens is 360 g/mol. The molecule has 1 aromatic carbocycles. The second-order valence-corrected chi connectivity index (χ2v) is 7.26. The van der Waals surface area contributed by atoms with Gasteiger partial charge in [0.15, 0.2) is 0 Å². The van der Waals surface area contributed by atoms with Gasteiger partial charge >= 0.3 is 5.97 Å². The number of carboxylic acids is 1. The Morgan fingerprint density at radius 3 is 2.50 bits per heavy atom. The molecule has 26 heavy (non-hydrogen) atoms. The molecule has 7 nitrogen and oxygen atoms in total. The fraction of sp³-hybridized carbons (Fsp3) is 0.500. The number of nitrogens with zero attached hydrogens (tertiary/aromatic N) is 2. The van der Waals surface area contributed by atoms with Crippen LogP contribution in [0.1, 0.15) is 29.6 Å². The molecule has 2 heterocycles. The monoisotopic (exact) mass is 380 g/mol. The van der Waals surface area contributed by atoms with Gasteiger partial charge in [0.1, 0.15) is 5.75 Å². The third kappa shape index (κ3) is 3.00. The number of methoxy groups -OCH3 is 1. The van der Waals surface area contributed by atoms with E-state index in [1.54, 1.807) is 35.0 Å². The maximum atomic E-state index is 12.8. The van der Waals surface area contributed by atoms with Crippen LogP contribution in [0.5, 0.6) is 5.75 Å². The Kier molecular flexibility index (Phi) is 4.84. The number of carbonyl (C=O) groups is 3. The van der Waals surface area contributed by atoms with Crippen molar-refractivity contribution in [2.24, 2.45) is 5.92 Å². The second-order valence-electron chi connectivity index (χ2n) is 6.82. The normalized spacial score (nSPS) is 22.0. The first-order valence-electron chi connectivity index (χ1n) is 8.42. The van der Waals surface area contributed by atoms with E-state index < -0.39 is 17.4 Å². The maximum Gasteiger partial charge on any atom is 0.309 e. The van der Waals surface area contributed by atoms with Gasteiger partial charge in [0.05, 0.1) is 18.6 Å². The molecular formula is C18H21ClN2O5. The maximum absolute atomic E-state index is 12.8. The number of aliphatic carboxylic acids is 1. The Balaban J connectivity index is 1.78. The molecule has 0 saturated carbocycles. The van der Waals surface area contributed by atoms with Crippen molar-refractivity contribution in [1.82, 2.24) is 9.80 Å². The molecule has 2 amide bonds. The average Bonchev–Trinajstić information content (AvgIpc) is 2.86.